The number of fused-ring (bicyclic) bond motifs is 1. The van der Waals surface area contributed by atoms with Crippen LogP contribution >= 0.6 is 0 Å². The van der Waals surface area contributed by atoms with Gasteiger partial charge in [-0.25, -0.2) is 0 Å². The second kappa shape index (κ2) is 5.20. The van der Waals surface area contributed by atoms with Crippen LogP contribution in [0.5, 0.6) is 0 Å². The van der Waals surface area contributed by atoms with E-state index in [2.05, 4.69) is 4.90 Å². The zero-order valence-electron chi connectivity index (χ0n) is 11.2. The highest BCUT2D eigenvalue weighted by molar-refractivity contribution is 5.82. The number of rotatable bonds is 3. The average Bonchev–Trinajstić information content (AvgIpc) is 3.13. The van der Waals surface area contributed by atoms with Crippen molar-refractivity contribution < 1.29 is 9.90 Å². The third-order valence-corrected chi connectivity index (χ3v) is 5.31. The maximum Gasteiger partial charge on any atom is 0.226 e. The van der Waals surface area contributed by atoms with Gasteiger partial charge in [-0.1, -0.05) is 12.8 Å². The predicted octanol–water partition coefficient (Wildman–Crippen LogP) is 2.19. The summed E-state index contributed by atoms with van der Waals surface area (Å²) in [7, 11) is 0. The van der Waals surface area contributed by atoms with Gasteiger partial charge in [-0.05, 0) is 50.4 Å². The lowest BCUT2D eigenvalue weighted by Gasteiger charge is -2.36. The first kappa shape index (κ1) is 12.5. The first-order valence-corrected chi connectivity index (χ1v) is 7.74. The highest BCUT2D eigenvalue weighted by atomic mass is 16.3. The van der Waals surface area contributed by atoms with Gasteiger partial charge in [0.1, 0.15) is 0 Å². The fraction of sp³-hybridized carbons (Fsp3) is 0.933. The van der Waals surface area contributed by atoms with Gasteiger partial charge in [0.25, 0.3) is 0 Å². The van der Waals surface area contributed by atoms with Crippen LogP contribution < -0.4 is 0 Å². The lowest BCUT2D eigenvalue weighted by atomic mass is 9.98. The van der Waals surface area contributed by atoms with Crippen molar-refractivity contribution in [3.05, 3.63) is 0 Å². The van der Waals surface area contributed by atoms with Gasteiger partial charge >= 0.3 is 0 Å². The van der Waals surface area contributed by atoms with E-state index in [4.69, 9.17) is 5.11 Å². The molecule has 1 amide bonds. The number of nitrogens with zero attached hydrogens (tertiary/aromatic N) is 1. The van der Waals surface area contributed by atoms with Gasteiger partial charge in [-0.3, -0.25) is 4.79 Å². The maximum absolute atomic E-state index is 12.7. The Morgan fingerprint density at radius 1 is 1.06 bits per heavy atom. The minimum absolute atomic E-state index is 0.214. The summed E-state index contributed by atoms with van der Waals surface area (Å²) in [5.41, 5.74) is 0. The van der Waals surface area contributed by atoms with Crippen molar-refractivity contribution in [3.8, 4) is 0 Å². The van der Waals surface area contributed by atoms with Crippen LogP contribution in [0.1, 0.15) is 51.4 Å². The first-order chi connectivity index (χ1) is 8.83. The van der Waals surface area contributed by atoms with E-state index in [9.17, 15) is 4.79 Å². The standard InChI is InChI=1S/C15H25NO2/c17-10-8-11-5-3-4-9-16(11)15(18)14-12-6-1-2-7-13(12)14/h11-14,17H,1-10H2. The largest absolute Gasteiger partial charge is 0.396 e. The Balaban J connectivity index is 1.63. The van der Waals surface area contributed by atoms with E-state index in [1.165, 1.54) is 32.1 Å². The van der Waals surface area contributed by atoms with Crippen LogP contribution in [-0.2, 0) is 4.79 Å². The third-order valence-electron chi connectivity index (χ3n) is 5.31. The number of hydrogen-bond acceptors (Lipinski definition) is 2. The molecule has 3 heteroatoms. The highest BCUT2D eigenvalue weighted by Gasteiger charge is 2.56. The van der Waals surface area contributed by atoms with E-state index in [0.717, 1.165) is 25.8 Å². The minimum atomic E-state index is 0.214. The van der Waals surface area contributed by atoms with E-state index in [1.807, 2.05) is 0 Å². The van der Waals surface area contributed by atoms with Crippen molar-refractivity contribution in [2.24, 2.45) is 17.8 Å². The second-order valence-corrected chi connectivity index (χ2v) is 6.33. The monoisotopic (exact) mass is 251 g/mol. The molecule has 0 spiro atoms. The molecule has 3 rings (SSSR count). The molecule has 3 unspecified atom stereocenters. The van der Waals surface area contributed by atoms with Crippen LogP contribution in [0.4, 0.5) is 0 Å². The Morgan fingerprint density at radius 2 is 1.72 bits per heavy atom. The molecule has 1 N–H and O–H groups in total. The molecular weight excluding hydrogens is 226 g/mol. The van der Waals surface area contributed by atoms with Gasteiger partial charge in [-0.15, -0.1) is 0 Å². The molecule has 2 aliphatic carbocycles. The molecule has 3 aliphatic rings. The van der Waals surface area contributed by atoms with Crippen molar-refractivity contribution in [1.82, 2.24) is 4.90 Å². The van der Waals surface area contributed by atoms with E-state index >= 15 is 0 Å². The number of hydrogen-bond donors (Lipinski definition) is 1. The van der Waals surface area contributed by atoms with Crippen molar-refractivity contribution >= 4 is 5.91 Å². The number of likely N-dealkylation sites (tertiary alicyclic amines) is 1. The van der Waals surface area contributed by atoms with Gasteiger partial charge in [0.05, 0.1) is 0 Å². The molecule has 3 nitrogen and oxygen atoms in total. The quantitative estimate of drug-likeness (QED) is 0.835. The minimum Gasteiger partial charge on any atom is -0.396 e. The van der Waals surface area contributed by atoms with Crippen LogP contribution in [0.15, 0.2) is 0 Å². The topological polar surface area (TPSA) is 40.5 Å². The summed E-state index contributed by atoms with van der Waals surface area (Å²) < 4.78 is 0. The number of carbonyl (C=O) groups is 1. The molecule has 0 aromatic heterocycles. The number of aliphatic hydroxyl groups excluding tert-OH is 1. The summed E-state index contributed by atoms with van der Waals surface area (Å²) in [5.74, 6) is 2.20. The maximum atomic E-state index is 12.7. The molecule has 2 saturated carbocycles. The van der Waals surface area contributed by atoms with Crippen LogP contribution in [0.2, 0.25) is 0 Å². The average molecular weight is 251 g/mol. The Labute approximate surface area is 110 Å². The van der Waals surface area contributed by atoms with Crippen LogP contribution in [-0.4, -0.2) is 35.1 Å². The molecule has 1 saturated heterocycles. The van der Waals surface area contributed by atoms with Crippen LogP contribution in [0.25, 0.3) is 0 Å². The van der Waals surface area contributed by atoms with Crippen molar-refractivity contribution in [3.63, 3.8) is 0 Å². The van der Waals surface area contributed by atoms with Crippen molar-refractivity contribution in [1.29, 1.82) is 0 Å². The molecule has 0 bridgehead atoms. The summed E-state index contributed by atoms with van der Waals surface area (Å²) in [6.07, 6.45) is 9.43. The van der Waals surface area contributed by atoms with Gasteiger partial charge in [-0.2, -0.15) is 0 Å². The Morgan fingerprint density at radius 3 is 2.39 bits per heavy atom. The SMILES string of the molecule is O=C(C1C2CCCCC21)N1CCCCC1CCO. The fourth-order valence-corrected chi connectivity index (χ4v) is 4.29. The lowest BCUT2D eigenvalue weighted by Crippen LogP contribution is -2.45. The van der Waals surface area contributed by atoms with E-state index in [1.54, 1.807) is 0 Å². The molecule has 102 valence electrons. The second-order valence-electron chi connectivity index (χ2n) is 6.33. The number of aliphatic hydroxyl groups is 1. The Bertz CT molecular complexity index is 304. The summed E-state index contributed by atoms with van der Waals surface area (Å²) in [5, 5.41) is 9.14. The smallest absolute Gasteiger partial charge is 0.226 e. The van der Waals surface area contributed by atoms with E-state index in [0.29, 0.717) is 29.7 Å². The van der Waals surface area contributed by atoms with Crippen molar-refractivity contribution in [2.45, 2.75) is 57.4 Å². The Hall–Kier alpha value is -0.570. The molecule has 1 heterocycles. The molecule has 18 heavy (non-hydrogen) atoms. The van der Waals surface area contributed by atoms with Crippen LogP contribution in [0.3, 0.4) is 0 Å². The molecule has 0 radical (unpaired) electrons. The number of carbonyl (C=O) groups excluding carboxylic acids is 1. The zero-order valence-corrected chi connectivity index (χ0v) is 11.2. The molecule has 3 atom stereocenters. The van der Waals surface area contributed by atoms with Gasteiger partial charge in [0.15, 0.2) is 0 Å². The van der Waals surface area contributed by atoms with Gasteiger partial charge < -0.3 is 10.0 Å². The van der Waals surface area contributed by atoms with Crippen LogP contribution in [0, 0.1) is 17.8 Å². The van der Waals surface area contributed by atoms with E-state index < -0.39 is 0 Å². The molecule has 0 aromatic rings. The van der Waals surface area contributed by atoms with E-state index in [-0.39, 0.29) is 6.61 Å². The summed E-state index contributed by atoms with van der Waals surface area (Å²) in [6.45, 7) is 1.14. The molecule has 0 aromatic carbocycles. The fourth-order valence-electron chi connectivity index (χ4n) is 4.29. The Kier molecular flexibility index (Phi) is 3.60. The first-order valence-electron chi connectivity index (χ1n) is 7.74. The third kappa shape index (κ3) is 2.18. The van der Waals surface area contributed by atoms with Gasteiger partial charge in [0.2, 0.25) is 5.91 Å². The number of amides is 1. The summed E-state index contributed by atoms with van der Waals surface area (Å²) in [6, 6.07) is 0.318. The highest BCUT2D eigenvalue weighted by Crippen LogP contribution is 2.56. The summed E-state index contributed by atoms with van der Waals surface area (Å²) >= 11 is 0. The predicted molar refractivity (Wildman–Crippen MR) is 70.0 cm³/mol. The summed E-state index contributed by atoms with van der Waals surface area (Å²) in [4.78, 5) is 14.8. The number of piperidine rings is 1. The zero-order chi connectivity index (χ0) is 12.5. The van der Waals surface area contributed by atoms with Crippen molar-refractivity contribution in [2.75, 3.05) is 13.2 Å². The molecule has 3 fully saturated rings. The molecule has 1 aliphatic heterocycles. The normalized spacial score (nSPS) is 39.3. The van der Waals surface area contributed by atoms with Gasteiger partial charge in [0, 0.05) is 25.1 Å². The molecular formula is C15H25NO2. The lowest BCUT2D eigenvalue weighted by molar-refractivity contribution is -0.137.